The molecule has 1 saturated carbocycles. The molecule has 0 aromatic carbocycles. The smallest absolute Gasteiger partial charge is 0.127 e. The second-order valence-corrected chi connectivity index (χ2v) is 10.5. The van der Waals surface area contributed by atoms with E-state index in [-0.39, 0.29) is 0 Å². The first-order valence-corrected chi connectivity index (χ1v) is 11.0. The number of nitrogens with one attached hydrogen (secondary N) is 1. The number of aryl methyl sites for hydroxylation is 1. The highest BCUT2D eigenvalue weighted by atomic mass is 32.1. The van der Waals surface area contributed by atoms with Crippen molar-refractivity contribution in [1.29, 1.82) is 0 Å². The van der Waals surface area contributed by atoms with Gasteiger partial charge in [0.25, 0.3) is 0 Å². The Hall–Kier alpha value is -1.04. The lowest BCUT2D eigenvalue weighted by Gasteiger charge is -2.33. The molecule has 4 nitrogen and oxygen atoms in total. The number of hydrogen-bond donors (Lipinski definition) is 1. The van der Waals surface area contributed by atoms with Crippen molar-refractivity contribution in [1.82, 2.24) is 20.2 Å². The Morgan fingerprint density at radius 2 is 2.08 bits per heavy atom. The van der Waals surface area contributed by atoms with Crippen molar-refractivity contribution in [3.05, 3.63) is 22.5 Å². The molecule has 2 aromatic heterocycles. The Kier molecular flexibility index (Phi) is 4.11. The molecule has 0 radical (unpaired) electrons. The Bertz CT molecular complexity index is 817. The SMILES string of the molecule is Cc1nc(CN2C[C@@H]3C[C@H]2CN3)c2cc(C3CCC(C)(C)CC3)sc2n1. The van der Waals surface area contributed by atoms with Crippen molar-refractivity contribution >= 4 is 21.6 Å². The fraction of sp³-hybridized carbons (Fsp3) is 0.714. The molecular formula is C21H30N4S. The van der Waals surface area contributed by atoms with Gasteiger partial charge in [-0.25, -0.2) is 9.97 Å². The van der Waals surface area contributed by atoms with Crippen LogP contribution in [0.3, 0.4) is 0 Å². The average Bonchev–Trinajstić information content (AvgIpc) is 3.29. The number of likely N-dealkylation sites (tertiary alicyclic amines) is 1. The molecule has 2 atom stereocenters. The van der Waals surface area contributed by atoms with E-state index in [9.17, 15) is 0 Å². The Morgan fingerprint density at radius 3 is 2.77 bits per heavy atom. The molecule has 140 valence electrons. The van der Waals surface area contributed by atoms with Gasteiger partial charge in [0.2, 0.25) is 0 Å². The molecule has 3 fully saturated rings. The summed E-state index contributed by atoms with van der Waals surface area (Å²) < 4.78 is 0. The van der Waals surface area contributed by atoms with Crippen molar-refractivity contribution < 1.29 is 0 Å². The number of piperazine rings is 1. The summed E-state index contributed by atoms with van der Waals surface area (Å²) in [4.78, 5) is 15.0. The van der Waals surface area contributed by atoms with E-state index in [0.717, 1.165) is 24.8 Å². The molecule has 2 aromatic rings. The summed E-state index contributed by atoms with van der Waals surface area (Å²) in [5, 5.41) is 4.92. The van der Waals surface area contributed by atoms with Crippen LogP contribution in [0.4, 0.5) is 0 Å². The molecule has 4 heterocycles. The number of rotatable bonds is 3. The summed E-state index contributed by atoms with van der Waals surface area (Å²) in [5.74, 6) is 1.65. The van der Waals surface area contributed by atoms with Gasteiger partial charge in [0.05, 0.1) is 5.69 Å². The number of fused-ring (bicyclic) bond motifs is 3. The van der Waals surface area contributed by atoms with Gasteiger partial charge in [-0.05, 0) is 56.4 Å². The Morgan fingerprint density at radius 1 is 1.27 bits per heavy atom. The lowest BCUT2D eigenvalue weighted by atomic mass is 9.73. The van der Waals surface area contributed by atoms with Crippen LogP contribution in [0.15, 0.2) is 6.07 Å². The summed E-state index contributed by atoms with van der Waals surface area (Å²) >= 11 is 1.92. The zero-order valence-corrected chi connectivity index (χ0v) is 17.0. The maximum absolute atomic E-state index is 4.86. The maximum Gasteiger partial charge on any atom is 0.127 e. The second-order valence-electron chi connectivity index (χ2n) is 9.45. The van der Waals surface area contributed by atoms with E-state index >= 15 is 0 Å². The highest BCUT2D eigenvalue weighted by Crippen LogP contribution is 2.45. The van der Waals surface area contributed by atoms with Gasteiger partial charge in [0.1, 0.15) is 10.7 Å². The van der Waals surface area contributed by atoms with E-state index < -0.39 is 0 Å². The monoisotopic (exact) mass is 370 g/mol. The van der Waals surface area contributed by atoms with E-state index in [4.69, 9.17) is 9.97 Å². The van der Waals surface area contributed by atoms with Gasteiger partial charge in [-0.15, -0.1) is 11.3 Å². The van der Waals surface area contributed by atoms with Crippen molar-refractivity contribution in [2.24, 2.45) is 5.41 Å². The summed E-state index contributed by atoms with van der Waals surface area (Å²) in [6.07, 6.45) is 6.63. The molecular weight excluding hydrogens is 340 g/mol. The van der Waals surface area contributed by atoms with E-state index in [1.54, 1.807) is 4.88 Å². The molecule has 26 heavy (non-hydrogen) atoms. The van der Waals surface area contributed by atoms with Gasteiger partial charge in [-0.1, -0.05) is 13.8 Å². The Labute approximate surface area is 160 Å². The van der Waals surface area contributed by atoms with Crippen LogP contribution in [-0.4, -0.2) is 40.0 Å². The fourth-order valence-electron chi connectivity index (χ4n) is 5.16. The van der Waals surface area contributed by atoms with Crippen molar-refractivity contribution in [2.45, 2.75) is 77.4 Å². The third-order valence-electron chi connectivity index (χ3n) is 6.87. The highest BCUT2D eigenvalue weighted by molar-refractivity contribution is 7.18. The van der Waals surface area contributed by atoms with Crippen LogP contribution in [0, 0.1) is 12.3 Å². The molecule has 5 rings (SSSR count). The first kappa shape index (κ1) is 17.1. The van der Waals surface area contributed by atoms with Gasteiger partial charge >= 0.3 is 0 Å². The molecule has 1 aliphatic carbocycles. The predicted octanol–water partition coefficient (Wildman–Crippen LogP) is 4.23. The van der Waals surface area contributed by atoms with Gasteiger partial charge in [0, 0.05) is 42.0 Å². The van der Waals surface area contributed by atoms with Crippen molar-refractivity contribution in [3.8, 4) is 0 Å². The molecule has 3 aliphatic rings. The molecule has 2 bridgehead atoms. The van der Waals surface area contributed by atoms with Crippen molar-refractivity contribution in [3.63, 3.8) is 0 Å². The Balaban J connectivity index is 1.42. The second kappa shape index (κ2) is 6.25. The minimum atomic E-state index is 0.526. The van der Waals surface area contributed by atoms with Crippen LogP contribution in [0.2, 0.25) is 0 Å². The number of nitrogens with zero attached hydrogens (tertiary/aromatic N) is 3. The average molecular weight is 371 g/mol. The molecule has 0 amide bonds. The number of thiophene rings is 1. The van der Waals surface area contributed by atoms with E-state index in [0.29, 0.717) is 17.5 Å². The van der Waals surface area contributed by atoms with Crippen LogP contribution >= 0.6 is 11.3 Å². The van der Waals surface area contributed by atoms with Crippen molar-refractivity contribution in [2.75, 3.05) is 13.1 Å². The number of aromatic nitrogens is 2. The van der Waals surface area contributed by atoms with E-state index in [2.05, 4.69) is 30.1 Å². The standard InChI is InChI=1S/C21H30N4S/c1-13-23-18(12-25-11-15-8-16(25)10-22-15)17-9-19(26-20(17)24-13)14-4-6-21(2,3)7-5-14/h9,14-16,22H,4-8,10-12H2,1-3H3/t15-,16-/m0/s1. The first-order chi connectivity index (χ1) is 12.5. The minimum Gasteiger partial charge on any atom is -0.311 e. The summed E-state index contributed by atoms with van der Waals surface area (Å²) in [6.45, 7) is 10.2. The molecule has 5 heteroatoms. The lowest BCUT2D eigenvalue weighted by Crippen LogP contribution is -2.43. The summed E-state index contributed by atoms with van der Waals surface area (Å²) in [6, 6.07) is 3.83. The minimum absolute atomic E-state index is 0.526. The van der Waals surface area contributed by atoms with Gasteiger partial charge < -0.3 is 5.32 Å². The van der Waals surface area contributed by atoms with Crippen LogP contribution in [0.25, 0.3) is 10.2 Å². The van der Waals surface area contributed by atoms with Crippen LogP contribution in [0.5, 0.6) is 0 Å². The fourth-order valence-corrected chi connectivity index (χ4v) is 6.42. The summed E-state index contributed by atoms with van der Waals surface area (Å²) in [7, 11) is 0. The highest BCUT2D eigenvalue weighted by Gasteiger charge is 2.37. The zero-order chi connectivity index (χ0) is 17.9. The quantitative estimate of drug-likeness (QED) is 0.878. The van der Waals surface area contributed by atoms with E-state index in [1.807, 2.05) is 18.3 Å². The van der Waals surface area contributed by atoms with E-state index in [1.165, 1.54) is 54.6 Å². The maximum atomic E-state index is 4.86. The predicted molar refractivity (Wildman–Crippen MR) is 108 cm³/mol. The topological polar surface area (TPSA) is 41.1 Å². The zero-order valence-electron chi connectivity index (χ0n) is 16.2. The molecule has 0 unspecified atom stereocenters. The van der Waals surface area contributed by atoms with Gasteiger partial charge in [-0.3, -0.25) is 4.90 Å². The molecule has 0 spiro atoms. The lowest BCUT2D eigenvalue weighted by molar-refractivity contribution is 0.216. The normalized spacial score (nSPS) is 29.0. The van der Waals surface area contributed by atoms with Crippen LogP contribution < -0.4 is 5.32 Å². The van der Waals surface area contributed by atoms with Gasteiger partial charge in [0.15, 0.2) is 0 Å². The molecule has 1 N–H and O–H groups in total. The summed E-state index contributed by atoms with van der Waals surface area (Å²) in [5.41, 5.74) is 1.77. The number of hydrogen-bond acceptors (Lipinski definition) is 5. The first-order valence-electron chi connectivity index (χ1n) is 10.2. The van der Waals surface area contributed by atoms with Crippen LogP contribution in [-0.2, 0) is 6.54 Å². The third kappa shape index (κ3) is 3.08. The molecule has 2 aliphatic heterocycles. The van der Waals surface area contributed by atoms with Gasteiger partial charge in [-0.2, -0.15) is 0 Å². The van der Waals surface area contributed by atoms with Crippen LogP contribution in [0.1, 0.15) is 68.3 Å². The largest absolute Gasteiger partial charge is 0.311 e. The third-order valence-corrected chi connectivity index (χ3v) is 8.06. The molecule has 2 saturated heterocycles.